The number of nitrogens with two attached hydrogens (primary N) is 1. The Hall–Kier alpha value is -3.30. The number of anilines is 4. The van der Waals surface area contributed by atoms with Crippen LogP contribution in [0, 0.1) is 0 Å². The van der Waals surface area contributed by atoms with Gasteiger partial charge in [0.25, 0.3) is 5.78 Å². The number of benzene rings is 2. The monoisotopic (exact) mass is 479 g/mol. The van der Waals surface area contributed by atoms with E-state index in [9.17, 15) is 4.79 Å². The molecule has 5 rings (SSSR count). The van der Waals surface area contributed by atoms with Crippen molar-refractivity contribution in [1.82, 2.24) is 9.88 Å². The van der Waals surface area contributed by atoms with E-state index >= 15 is 0 Å². The van der Waals surface area contributed by atoms with Crippen LogP contribution in [-0.2, 0) is 0 Å². The van der Waals surface area contributed by atoms with Gasteiger partial charge in [-0.05, 0) is 49.7 Å². The maximum absolute atomic E-state index is 12.9. The normalized spacial score (nSPS) is 17.1. The average Bonchev–Trinajstić information content (AvgIpc) is 3.47. The van der Waals surface area contributed by atoms with Crippen LogP contribution in [0.25, 0.3) is 0 Å². The summed E-state index contributed by atoms with van der Waals surface area (Å²) in [4.78, 5) is 22.5. The zero-order valence-electron chi connectivity index (χ0n) is 19.4. The summed E-state index contributed by atoms with van der Waals surface area (Å²) in [5.74, 6) is 0.912. The number of hydrogen-bond acceptors (Lipinski definition) is 9. The molecule has 1 saturated heterocycles. The van der Waals surface area contributed by atoms with Crippen molar-refractivity contribution in [3.05, 3.63) is 53.4 Å². The lowest BCUT2D eigenvalue weighted by Crippen LogP contribution is -2.49. The molecule has 0 amide bonds. The quantitative estimate of drug-likeness (QED) is 0.483. The highest BCUT2D eigenvalue weighted by molar-refractivity contribution is 7.18. The molecule has 3 heterocycles. The van der Waals surface area contributed by atoms with Crippen LogP contribution in [0.1, 0.15) is 29.9 Å². The fraction of sp³-hybridized carbons (Fsp3) is 0.360. The Morgan fingerprint density at radius 3 is 2.38 bits per heavy atom. The number of carbonyl (C=O) groups excluding carboxylic acids is 1. The summed E-state index contributed by atoms with van der Waals surface area (Å²) in [6.07, 6.45) is 0.136. The van der Waals surface area contributed by atoms with Gasteiger partial charge in [-0.3, -0.25) is 9.69 Å². The number of nitrogens with zero attached hydrogens (tertiary/aromatic N) is 3. The molecule has 2 aliphatic rings. The minimum Gasteiger partial charge on any atom is -0.444 e. The van der Waals surface area contributed by atoms with Crippen LogP contribution in [0.2, 0.25) is 0 Å². The maximum atomic E-state index is 12.9. The predicted molar refractivity (Wildman–Crippen MR) is 136 cm³/mol. The summed E-state index contributed by atoms with van der Waals surface area (Å²) < 4.78 is 11.3. The number of Topliss-reactive ketones (excluding diaryl/α,β-unsaturated/α-hetero) is 1. The molecule has 0 aliphatic carbocycles. The summed E-state index contributed by atoms with van der Waals surface area (Å²) in [6.45, 7) is 8.77. The molecule has 0 bridgehead atoms. The first-order valence-electron chi connectivity index (χ1n) is 11.6. The zero-order chi connectivity index (χ0) is 23.7. The number of fused-ring (bicyclic) bond motifs is 1. The Kier molecular flexibility index (Phi) is 6.30. The van der Waals surface area contributed by atoms with Gasteiger partial charge in [0.2, 0.25) is 0 Å². The van der Waals surface area contributed by atoms with Gasteiger partial charge in [-0.2, -0.15) is 0 Å². The molecular formula is C25H29N5O3S. The average molecular weight is 480 g/mol. The van der Waals surface area contributed by atoms with Gasteiger partial charge in [-0.25, -0.2) is 4.98 Å². The molecule has 0 radical (unpaired) electrons. The molecule has 1 fully saturated rings. The Labute approximate surface area is 203 Å². The fourth-order valence-corrected chi connectivity index (χ4v) is 5.09. The molecule has 2 aliphatic heterocycles. The number of thiazole rings is 1. The molecule has 9 heteroatoms. The minimum absolute atomic E-state index is 0.163. The second-order valence-corrected chi connectivity index (χ2v) is 9.56. The lowest BCUT2D eigenvalue weighted by atomic mass is 10.1. The largest absolute Gasteiger partial charge is 0.444 e. The summed E-state index contributed by atoms with van der Waals surface area (Å²) in [6, 6.07) is 16.1. The number of ether oxygens (including phenoxy) is 2. The lowest BCUT2D eigenvalue weighted by Gasteiger charge is -2.39. The van der Waals surface area contributed by atoms with Gasteiger partial charge in [0.15, 0.2) is 16.6 Å². The Bertz CT molecular complexity index is 1130. The number of para-hydroxylation sites is 2. The third kappa shape index (κ3) is 4.53. The van der Waals surface area contributed by atoms with Crippen LogP contribution < -0.4 is 25.4 Å². The van der Waals surface area contributed by atoms with Crippen molar-refractivity contribution in [3.63, 3.8) is 0 Å². The second kappa shape index (κ2) is 9.52. The van der Waals surface area contributed by atoms with Crippen LogP contribution in [-0.4, -0.2) is 54.2 Å². The Morgan fingerprint density at radius 2 is 1.76 bits per heavy atom. The van der Waals surface area contributed by atoms with Crippen molar-refractivity contribution in [2.75, 3.05) is 42.1 Å². The van der Waals surface area contributed by atoms with E-state index in [-0.39, 0.29) is 11.6 Å². The molecule has 178 valence electrons. The highest BCUT2D eigenvalue weighted by atomic mass is 32.1. The van der Waals surface area contributed by atoms with Gasteiger partial charge >= 0.3 is 6.29 Å². The molecule has 34 heavy (non-hydrogen) atoms. The lowest BCUT2D eigenvalue weighted by molar-refractivity contribution is 0.0376. The van der Waals surface area contributed by atoms with E-state index in [1.807, 2.05) is 24.3 Å². The van der Waals surface area contributed by atoms with Gasteiger partial charge in [-0.1, -0.05) is 30.4 Å². The topological polar surface area (TPSA) is 93.0 Å². The number of piperazine rings is 1. The van der Waals surface area contributed by atoms with Gasteiger partial charge in [0, 0.05) is 43.6 Å². The highest BCUT2D eigenvalue weighted by Crippen LogP contribution is 2.37. The molecule has 0 spiro atoms. The van der Waals surface area contributed by atoms with Gasteiger partial charge in [-0.15, -0.1) is 0 Å². The van der Waals surface area contributed by atoms with Crippen molar-refractivity contribution in [1.29, 1.82) is 0 Å². The zero-order valence-corrected chi connectivity index (χ0v) is 20.2. The van der Waals surface area contributed by atoms with Crippen molar-refractivity contribution >= 4 is 39.4 Å². The number of aromatic nitrogens is 1. The van der Waals surface area contributed by atoms with E-state index in [0.717, 1.165) is 31.9 Å². The summed E-state index contributed by atoms with van der Waals surface area (Å²) in [5.41, 5.74) is 8.14. The third-order valence-corrected chi connectivity index (χ3v) is 7.42. The number of carbonyl (C=O) groups is 1. The first kappa shape index (κ1) is 22.5. The molecule has 3 aromatic rings. The Morgan fingerprint density at radius 1 is 1.12 bits per heavy atom. The summed E-state index contributed by atoms with van der Waals surface area (Å²) >= 11 is 1.19. The number of ketones is 1. The van der Waals surface area contributed by atoms with Crippen LogP contribution in [0.15, 0.2) is 48.5 Å². The first-order chi connectivity index (χ1) is 16.5. The van der Waals surface area contributed by atoms with Crippen molar-refractivity contribution < 1.29 is 14.3 Å². The third-order valence-electron chi connectivity index (χ3n) is 6.42. The maximum Gasteiger partial charge on any atom is 0.306 e. The van der Waals surface area contributed by atoms with E-state index in [2.05, 4.69) is 46.1 Å². The van der Waals surface area contributed by atoms with Crippen molar-refractivity contribution in [3.8, 4) is 11.5 Å². The van der Waals surface area contributed by atoms with Crippen molar-refractivity contribution in [2.24, 2.45) is 0 Å². The summed E-state index contributed by atoms with van der Waals surface area (Å²) in [7, 11) is 0. The molecule has 2 aromatic carbocycles. The molecule has 1 atom stereocenters. The predicted octanol–water partition coefficient (Wildman–Crippen LogP) is 4.37. The smallest absolute Gasteiger partial charge is 0.306 e. The van der Waals surface area contributed by atoms with Crippen molar-refractivity contribution in [2.45, 2.75) is 32.6 Å². The van der Waals surface area contributed by atoms with E-state index in [4.69, 9.17) is 15.2 Å². The highest BCUT2D eigenvalue weighted by Gasteiger charge is 2.34. The van der Waals surface area contributed by atoms with Gasteiger partial charge < -0.3 is 25.4 Å². The molecule has 1 unspecified atom stereocenters. The molecule has 0 saturated carbocycles. The van der Waals surface area contributed by atoms with E-state index in [1.54, 1.807) is 12.1 Å². The number of rotatable bonds is 7. The fourth-order valence-electron chi connectivity index (χ4n) is 4.23. The standard InChI is InChI=1S/C25H29N5O3S/c1-3-16(2)29-12-14-30(15-13-29)18-10-8-17(9-11-18)27-25-28-23(26)22(34-25)21(31)24-32-19-6-4-5-7-20(19)33-24/h4-11,16,24H,3,12-15,26H2,1-2H3,(H,27,28). The number of hydrogen-bond donors (Lipinski definition) is 2. The molecule has 1 aromatic heterocycles. The van der Waals surface area contributed by atoms with Crippen LogP contribution in [0.4, 0.5) is 22.3 Å². The van der Waals surface area contributed by atoms with Crippen LogP contribution >= 0.6 is 11.3 Å². The first-order valence-corrected chi connectivity index (χ1v) is 12.4. The van der Waals surface area contributed by atoms with E-state index < -0.39 is 6.29 Å². The van der Waals surface area contributed by atoms with Crippen LogP contribution in [0.5, 0.6) is 11.5 Å². The Balaban J connectivity index is 1.20. The second-order valence-electron chi connectivity index (χ2n) is 8.56. The summed E-state index contributed by atoms with van der Waals surface area (Å²) in [5, 5.41) is 3.80. The SMILES string of the molecule is CCC(C)N1CCN(c2ccc(Nc3nc(N)c(C(=O)C4Oc5ccccc5O4)s3)cc2)CC1. The number of nitrogens with one attached hydrogen (secondary N) is 1. The van der Waals surface area contributed by atoms with Gasteiger partial charge in [0.05, 0.1) is 0 Å². The molecule has 8 nitrogen and oxygen atoms in total. The van der Waals surface area contributed by atoms with E-state index in [0.29, 0.717) is 27.5 Å². The van der Waals surface area contributed by atoms with Gasteiger partial charge in [0.1, 0.15) is 10.7 Å². The number of nitrogen functional groups attached to an aromatic ring is 1. The molecular weight excluding hydrogens is 450 g/mol. The van der Waals surface area contributed by atoms with Crippen LogP contribution in [0.3, 0.4) is 0 Å². The van der Waals surface area contributed by atoms with E-state index in [1.165, 1.54) is 23.4 Å². The molecule has 3 N–H and O–H groups in total. The minimum atomic E-state index is -1.05.